The third kappa shape index (κ3) is 5.33. The van der Waals surface area contributed by atoms with Crippen LogP contribution in [0.25, 0.3) is 0 Å². The number of hydrogen-bond donors (Lipinski definition) is 1. The number of aryl methyl sites for hydroxylation is 1. The van der Waals surface area contributed by atoms with Gasteiger partial charge < -0.3 is 10.1 Å². The Kier molecular flexibility index (Phi) is 6.71. The summed E-state index contributed by atoms with van der Waals surface area (Å²) in [5, 5.41) is 8.12. The maximum absolute atomic E-state index is 11.5. The van der Waals surface area contributed by atoms with Gasteiger partial charge in [-0.1, -0.05) is 35.3 Å². The van der Waals surface area contributed by atoms with Crippen LogP contribution in [0.15, 0.2) is 41.2 Å². The quantitative estimate of drug-likeness (QED) is 0.750. The monoisotopic (exact) mass is 341 g/mol. The zero-order valence-corrected chi connectivity index (χ0v) is 13.5. The summed E-state index contributed by atoms with van der Waals surface area (Å²) in [6.07, 6.45) is 0.777. The first-order valence-electron chi connectivity index (χ1n) is 6.98. The standard InChI is InChI=1S/C15H17Cl2N3O2/c16-12-4-1-2-5-13(12)22-11-9-18-8-3-10-20-15(21)7-6-14(17)19-20/h1-2,4-7,18H,3,8-11H2. The lowest BCUT2D eigenvalue weighted by atomic mass is 10.3. The van der Waals surface area contributed by atoms with Crippen LogP contribution in [-0.2, 0) is 6.54 Å². The lowest BCUT2D eigenvalue weighted by molar-refractivity contribution is 0.313. The van der Waals surface area contributed by atoms with Crippen LogP contribution < -0.4 is 15.6 Å². The van der Waals surface area contributed by atoms with E-state index in [-0.39, 0.29) is 5.56 Å². The highest BCUT2D eigenvalue weighted by Crippen LogP contribution is 2.22. The number of para-hydroxylation sites is 1. The van der Waals surface area contributed by atoms with Gasteiger partial charge in [0.25, 0.3) is 5.56 Å². The van der Waals surface area contributed by atoms with E-state index in [2.05, 4.69) is 10.4 Å². The first-order valence-corrected chi connectivity index (χ1v) is 7.74. The van der Waals surface area contributed by atoms with Crippen molar-refractivity contribution in [2.45, 2.75) is 13.0 Å². The van der Waals surface area contributed by atoms with Crippen molar-refractivity contribution in [1.82, 2.24) is 15.1 Å². The second-order valence-corrected chi connectivity index (χ2v) is 5.39. The molecule has 1 aromatic heterocycles. The number of benzene rings is 1. The molecule has 2 rings (SSSR count). The number of nitrogens with zero attached hydrogens (tertiary/aromatic N) is 2. The fraction of sp³-hybridized carbons (Fsp3) is 0.333. The summed E-state index contributed by atoms with van der Waals surface area (Å²) in [6, 6.07) is 10.3. The number of nitrogens with one attached hydrogen (secondary N) is 1. The number of aromatic nitrogens is 2. The van der Waals surface area contributed by atoms with E-state index in [0.717, 1.165) is 13.0 Å². The van der Waals surface area contributed by atoms with E-state index in [1.165, 1.54) is 16.8 Å². The van der Waals surface area contributed by atoms with E-state index in [1.807, 2.05) is 18.2 Å². The van der Waals surface area contributed by atoms with Crippen molar-refractivity contribution in [3.8, 4) is 5.75 Å². The van der Waals surface area contributed by atoms with E-state index in [4.69, 9.17) is 27.9 Å². The number of hydrogen-bond acceptors (Lipinski definition) is 4. The Morgan fingerprint density at radius 1 is 1.14 bits per heavy atom. The molecule has 0 aliphatic heterocycles. The fourth-order valence-electron chi connectivity index (χ4n) is 1.86. The molecule has 1 aromatic carbocycles. The lowest BCUT2D eigenvalue weighted by Crippen LogP contribution is -2.26. The minimum atomic E-state index is -0.147. The summed E-state index contributed by atoms with van der Waals surface area (Å²) in [5.41, 5.74) is -0.147. The van der Waals surface area contributed by atoms with Gasteiger partial charge in [0, 0.05) is 19.2 Å². The summed E-state index contributed by atoms with van der Waals surface area (Å²) >= 11 is 11.7. The van der Waals surface area contributed by atoms with E-state index < -0.39 is 0 Å². The molecule has 22 heavy (non-hydrogen) atoms. The van der Waals surface area contributed by atoms with Crippen LogP contribution in [0.4, 0.5) is 0 Å². The van der Waals surface area contributed by atoms with Crippen LogP contribution >= 0.6 is 23.2 Å². The lowest BCUT2D eigenvalue weighted by Gasteiger charge is -2.09. The highest BCUT2D eigenvalue weighted by molar-refractivity contribution is 6.32. The number of rotatable bonds is 8. The maximum atomic E-state index is 11.5. The van der Waals surface area contributed by atoms with Gasteiger partial charge in [0.15, 0.2) is 0 Å². The molecule has 0 radical (unpaired) electrons. The SMILES string of the molecule is O=c1ccc(Cl)nn1CCCNCCOc1ccccc1Cl. The number of ether oxygens (including phenoxy) is 1. The molecule has 0 fully saturated rings. The van der Waals surface area contributed by atoms with Gasteiger partial charge in [-0.15, -0.1) is 0 Å². The van der Waals surface area contributed by atoms with Crippen LogP contribution in [-0.4, -0.2) is 29.5 Å². The smallest absolute Gasteiger partial charge is 0.266 e. The topological polar surface area (TPSA) is 56.2 Å². The molecule has 0 unspecified atom stereocenters. The van der Waals surface area contributed by atoms with Crippen molar-refractivity contribution in [3.63, 3.8) is 0 Å². The highest BCUT2D eigenvalue weighted by Gasteiger charge is 2.00. The Bertz CT molecular complexity index is 661. The predicted octanol–water partition coefficient (Wildman–Crippen LogP) is 2.61. The average molecular weight is 342 g/mol. The first kappa shape index (κ1) is 16.8. The van der Waals surface area contributed by atoms with Gasteiger partial charge in [0.05, 0.1) is 5.02 Å². The van der Waals surface area contributed by atoms with Gasteiger partial charge in [-0.3, -0.25) is 4.79 Å². The van der Waals surface area contributed by atoms with Gasteiger partial charge in [0.2, 0.25) is 0 Å². The normalized spacial score (nSPS) is 10.6. The molecule has 0 aliphatic rings. The molecule has 0 saturated carbocycles. The minimum absolute atomic E-state index is 0.147. The Balaban J connectivity index is 1.61. The molecular formula is C15H17Cl2N3O2. The summed E-state index contributed by atoms with van der Waals surface area (Å²) < 4.78 is 6.92. The first-order chi connectivity index (χ1) is 10.7. The van der Waals surface area contributed by atoms with Crippen molar-refractivity contribution in [2.75, 3.05) is 19.7 Å². The second kappa shape index (κ2) is 8.78. The Labute approximate surface area is 138 Å². The Morgan fingerprint density at radius 2 is 1.95 bits per heavy atom. The molecule has 0 spiro atoms. The van der Waals surface area contributed by atoms with Gasteiger partial charge >= 0.3 is 0 Å². The molecule has 2 aromatic rings. The summed E-state index contributed by atoms with van der Waals surface area (Å²) in [4.78, 5) is 11.5. The maximum Gasteiger partial charge on any atom is 0.266 e. The average Bonchev–Trinajstić information content (AvgIpc) is 2.51. The fourth-order valence-corrected chi connectivity index (χ4v) is 2.20. The third-order valence-electron chi connectivity index (χ3n) is 2.93. The molecule has 118 valence electrons. The van der Waals surface area contributed by atoms with Gasteiger partial charge in [-0.25, -0.2) is 4.68 Å². The molecule has 0 aliphatic carbocycles. The van der Waals surface area contributed by atoms with Crippen molar-refractivity contribution in [2.24, 2.45) is 0 Å². The molecule has 0 bridgehead atoms. The van der Waals surface area contributed by atoms with Crippen molar-refractivity contribution in [1.29, 1.82) is 0 Å². The van der Waals surface area contributed by atoms with Crippen molar-refractivity contribution < 1.29 is 4.74 Å². The summed E-state index contributed by atoms with van der Waals surface area (Å²) in [7, 11) is 0. The zero-order chi connectivity index (χ0) is 15.8. The van der Waals surface area contributed by atoms with E-state index >= 15 is 0 Å². The van der Waals surface area contributed by atoms with Crippen LogP contribution in [0.1, 0.15) is 6.42 Å². The van der Waals surface area contributed by atoms with Crippen LogP contribution in [0.2, 0.25) is 10.2 Å². The van der Waals surface area contributed by atoms with Crippen LogP contribution in [0.5, 0.6) is 5.75 Å². The van der Waals surface area contributed by atoms with Gasteiger partial charge in [-0.2, -0.15) is 5.10 Å². The molecule has 0 amide bonds. The van der Waals surface area contributed by atoms with Gasteiger partial charge in [-0.05, 0) is 31.2 Å². The third-order valence-corrected chi connectivity index (χ3v) is 3.44. The Morgan fingerprint density at radius 3 is 2.77 bits per heavy atom. The minimum Gasteiger partial charge on any atom is -0.491 e. The highest BCUT2D eigenvalue weighted by atomic mass is 35.5. The largest absolute Gasteiger partial charge is 0.491 e. The molecule has 1 heterocycles. The molecule has 0 saturated heterocycles. The summed E-state index contributed by atoms with van der Waals surface area (Å²) in [6.45, 7) is 2.51. The molecule has 5 nitrogen and oxygen atoms in total. The molecule has 0 atom stereocenters. The van der Waals surface area contributed by atoms with E-state index in [9.17, 15) is 4.79 Å². The van der Waals surface area contributed by atoms with Gasteiger partial charge in [0.1, 0.15) is 17.5 Å². The van der Waals surface area contributed by atoms with Crippen LogP contribution in [0.3, 0.4) is 0 Å². The van der Waals surface area contributed by atoms with Crippen molar-refractivity contribution in [3.05, 3.63) is 56.9 Å². The molecular weight excluding hydrogens is 325 g/mol. The van der Waals surface area contributed by atoms with E-state index in [0.29, 0.717) is 35.6 Å². The molecule has 7 heteroatoms. The second-order valence-electron chi connectivity index (χ2n) is 4.60. The number of halogens is 2. The Hall–Kier alpha value is -1.56. The van der Waals surface area contributed by atoms with E-state index in [1.54, 1.807) is 6.07 Å². The molecule has 1 N–H and O–H groups in total. The summed E-state index contributed by atoms with van der Waals surface area (Å²) in [5.74, 6) is 0.681. The zero-order valence-electron chi connectivity index (χ0n) is 12.0. The van der Waals surface area contributed by atoms with Crippen molar-refractivity contribution >= 4 is 23.2 Å². The predicted molar refractivity (Wildman–Crippen MR) is 87.9 cm³/mol. The van der Waals surface area contributed by atoms with Crippen LogP contribution in [0, 0.1) is 0 Å².